The molecule has 0 fully saturated rings. The Kier molecular flexibility index (Phi) is 2.58. The summed E-state index contributed by atoms with van der Waals surface area (Å²) in [5.74, 6) is 0. The van der Waals surface area contributed by atoms with E-state index in [4.69, 9.17) is 7.85 Å². The molecule has 0 aromatic heterocycles. The summed E-state index contributed by atoms with van der Waals surface area (Å²) in [5.41, 5.74) is 1.91. The molecule has 0 bridgehead atoms. The monoisotopic (exact) mass is 258 g/mol. The van der Waals surface area contributed by atoms with E-state index in [9.17, 15) is 0 Å². The van der Waals surface area contributed by atoms with Gasteiger partial charge in [-0.2, -0.15) is 0 Å². The highest BCUT2D eigenvalue weighted by molar-refractivity contribution is 9.13. The van der Waals surface area contributed by atoms with Crippen LogP contribution in [0.3, 0.4) is 0 Å². The van der Waals surface area contributed by atoms with Gasteiger partial charge in [0.15, 0.2) is 0 Å². The summed E-state index contributed by atoms with van der Waals surface area (Å²) >= 11 is 6.73. The Morgan fingerprint density at radius 3 is 2.20 bits per heavy atom. The largest absolute Gasteiger partial charge is 0.114 e. The lowest BCUT2D eigenvalue weighted by atomic mass is 9.92. The maximum absolute atomic E-state index is 5.64. The van der Waals surface area contributed by atoms with Crippen molar-refractivity contribution in [3.05, 3.63) is 26.6 Å². The van der Waals surface area contributed by atoms with Crippen LogP contribution in [0.4, 0.5) is 0 Å². The SMILES string of the molecule is [B]c1cc(Br)c(Br)cc1C. The van der Waals surface area contributed by atoms with Crippen molar-refractivity contribution in [3.8, 4) is 0 Å². The van der Waals surface area contributed by atoms with Crippen LogP contribution >= 0.6 is 31.9 Å². The first kappa shape index (κ1) is 8.34. The molecule has 0 aliphatic carbocycles. The number of rotatable bonds is 0. The van der Waals surface area contributed by atoms with Crippen LogP contribution in [0.1, 0.15) is 5.56 Å². The van der Waals surface area contributed by atoms with E-state index >= 15 is 0 Å². The average molecular weight is 260 g/mol. The van der Waals surface area contributed by atoms with Gasteiger partial charge in [-0.3, -0.25) is 0 Å². The molecule has 0 aliphatic heterocycles. The number of benzene rings is 1. The van der Waals surface area contributed by atoms with Crippen LogP contribution in [0, 0.1) is 6.92 Å². The van der Waals surface area contributed by atoms with Crippen molar-refractivity contribution in [1.82, 2.24) is 0 Å². The molecule has 0 nitrogen and oxygen atoms in total. The quantitative estimate of drug-likeness (QED) is 0.628. The summed E-state index contributed by atoms with van der Waals surface area (Å²) in [7, 11) is 5.64. The molecule has 0 aliphatic rings. The van der Waals surface area contributed by atoms with Gasteiger partial charge in [0.1, 0.15) is 7.85 Å². The third-order valence-electron chi connectivity index (χ3n) is 1.31. The molecule has 10 heavy (non-hydrogen) atoms. The Hall–Kier alpha value is 0.245. The highest BCUT2D eigenvalue weighted by Crippen LogP contribution is 2.21. The zero-order chi connectivity index (χ0) is 7.72. The summed E-state index contributed by atoms with van der Waals surface area (Å²) in [5, 5.41) is 0. The van der Waals surface area contributed by atoms with Gasteiger partial charge in [-0.05, 0) is 44.8 Å². The molecule has 1 aromatic carbocycles. The smallest absolute Gasteiger partial charge is 0.0926 e. The minimum Gasteiger partial charge on any atom is -0.0926 e. The maximum atomic E-state index is 5.64. The van der Waals surface area contributed by atoms with Gasteiger partial charge >= 0.3 is 0 Å². The van der Waals surface area contributed by atoms with E-state index in [0.717, 1.165) is 20.0 Å². The fourth-order valence-electron chi connectivity index (χ4n) is 0.662. The molecule has 0 saturated carbocycles. The van der Waals surface area contributed by atoms with Gasteiger partial charge in [0.05, 0.1) is 0 Å². The molecule has 2 radical (unpaired) electrons. The van der Waals surface area contributed by atoms with Crippen molar-refractivity contribution in [3.63, 3.8) is 0 Å². The normalized spacial score (nSPS) is 9.90. The third-order valence-corrected chi connectivity index (χ3v) is 3.15. The Morgan fingerprint density at radius 2 is 1.70 bits per heavy atom. The molecule has 0 spiro atoms. The summed E-state index contributed by atoms with van der Waals surface area (Å²) in [6.07, 6.45) is 0. The molecule has 0 unspecified atom stereocenters. The summed E-state index contributed by atoms with van der Waals surface area (Å²) in [4.78, 5) is 0. The lowest BCUT2D eigenvalue weighted by Crippen LogP contribution is -2.06. The average Bonchev–Trinajstić information content (AvgIpc) is 1.84. The fourth-order valence-corrected chi connectivity index (χ4v) is 1.48. The van der Waals surface area contributed by atoms with Gasteiger partial charge in [-0.1, -0.05) is 17.1 Å². The number of hydrogen-bond acceptors (Lipinski definition) is 0. The zero-order valence-corrected chi connectivity index (χ0v) is 8.66. The predicted molar refractivity (Wildman–Crippen MR) is 52.0 cm³/mol. The molecule has 0 N–H and O–H groups in total. The number of hydrogen-bond donors (Lipinski definition) is 0. The van der Waals surface area contributed by atoms with Gasteiger partial charge in [0.2, 0.25) is 0 Å². The molecule has 1 rings (SSSR count). The number of halogens is 2. The summed E-state index contributed by atoms with van der Waals surface area (Å²) < 4.78 is 2.04. The van der Waals surface area contributed by atoms with Crippen LogP contribution in [0.25, 0.3) is 0 Å². The van der Waals surface area contributed by atoms with Crippen molar-refractivity contribution in [2.24, 2.45) is 0 Å². The molecule has 0 atom stereocenters. The van der Waals surface area contributed by atoms with Crippen molar-refractivity contribution in [2.45, 2.75) is 6.92 Å². The molecule has 0 heterocycles. The second-order valence-electron chi connectivity index (χ2n) is 2.12. The molecule has 0 amide bonds. The van der Waals surface area contributed by atoms with Gasteiger partial charge in [-0.25, -0.2) is 0 Å². The first-order valence-corrected chi connectivity index (χ1v) is 4.41. The van der Waals surface area contributed by atoms with Crippen LogP contribution in [0.2, 0.25) is 0 Å². The first-order valence-electron chi connectivity index (χ1n) is 2.82. The molecule has 1 aromatic rings. The summed E-state index contributed by atoms with van der Waals surface area (Å²) in [6.45, 7) is 1.98. The van der Waals surface area contributed by atoms with E-state index in [2.05, 4.69) is 31.9 Å². The standard InChI is InChI=1S/C7H5BBr2/c1-4-2-6(9)7(10)3-5(4)8/h2-3H,1H3. The molecular weight excluding hydrogens is 255 g/mol. The van der Waals surface area contributed by atoms with Gasteiger partial charge < -0.3 is 0 Å². The second kappa shape index (κ2) is 3.10. The molecule has 0 saturated heterocycles. The van der Waals surface area contributed by atoms with Crippen molar-refractivity contribution >= 4 is 45.2 Å². The maximum Gasteiger partial charge on any atom is 0.114 e. The first-order chi connectivity index (χ1) is 4.61. The van der Waals surface area contributed by atoms with E-state index in [1.807, 2.05) is 19.1 Å². The molecule has 3 heteroatoms. The van der Waals surface area contributed by atoms with Crippen molar-refractivity contribution in [1.29, 1.82) is 0 Å². The second-order valence-corrected chi connectivity index (χ2v) is 3.83. The van der Waals surface area contributed by atoms with E-state index in [1.54, 1.807) is 0 Å². The fraction of sp³-hybridized carbons (Fsp3) is 0.143. The van der Waals surface area contributed by atoms with Crippen LogP contribution in [0.5, 0.6) is 0 Å². The Balaban J connectivity index is 3.28. The van der Waals surface area contributed by atoms with E-state index in [0.29, 0.717) is 0 Å². The Bertz CT molecular complexity index is 208. The minimum absolute atomic E-state index is 0.815. The van der Waals surface area contributed by atoms with Crippen LogP contribution in [-0.2, 0) is 0 Å². The van der Waals surface area contributed by atoms with Crippen molar-refractivity contribution < 1.29 is 0 Å². The number of aryl methyl sites for hydroxylation is 1. The van der Waals surface area contributed by atoms with Crippen molar-refractivity contribution in [2.75, 3.05) is 0 Å². The predicted octanol–water partition coefficient (Wildman–Crippen LogP) is 2.31. The van der Waals surface area contributed by atoms with Gasteiger partial charge in [0, 0.05) is 8.95 Å². The van der Waals surface area contributed by atoms with Gasteiger partial charge in [0.25, 0.3) is 0 Å². The van der Waals surface area contributed by atoms with Crippen LogP contribution in [-0.4, -0.2) is 7.85 Å². The third kappa shape index (κ3) is 1.64. The highest BCUT2D eigenvalue weighted by atomic mass is 79.9. The van der Waals surface area contributed by atoms with E-state index in [-0.39, 0.29) is 0 Å². The lowest BCUT2D eigenvalue weighted by molar-refractivity contribution is 1.47. The Labute approximate surface area is 78.7 Å². The topological polar surface area (TPSA) is 0 Å². The van der Waals surface area contributed by atoms with Crippen LogP contribution < -0.4 is 5.46 Å². The highest BCUT2D eigenvalue weighted by Gasteiger charge is 1.97. The zero-order valence-electron chi connectivity index (χ0n) is 5.49. The molecule has 50 valence electrons. The van der Waals surface area contributed by atoms with E-state index < -0.39 is 0 Å². The minimum atomic E-state index is 0.815. The Morgan fingerprint density at radius 1 is 1.20 bits per heavy atom. The lowest BCUT2D eigenvalue weighted by Gasteiger charge is -2.02. The summed E-state index contributed by atoms with van der Waals surface area (Å²) in [6, 6.07) is 3.87. The molecular formula is C7H5BBr2. The van der Waals surface area contributed by atoms with Gasteiger partial charge in [-0.15, -0.1) is 0 Å². The van der Waals surface area contributed by atoms with Crippen LogP contribution in [0.15, 0.2) is 21.1 Å². The van der Waals surface area contributed by atoms with E-state index in [1.165, 1.54) is 0 Å².